The fourth-order valence-electron chi connectivity index (χ4n) is 3.71. The molecule has 0 aliphatic carbocycles. The standard InChI is InChI=1S/C23H28N2O5S/c1-4-30-23(27)18-9-7-10-19(14-18)24-22(26)21-15-20(12-11-16(21)2)31(28,29)25-13-6-5-8-17(25)3/h7,9-12,14-15,17H,4-6,8,13H2,1-3H3,(H,24,26). The molecule has 0 aromatic heterocycles. The third-order valence-electron chi connectivity index (χ3n) is 5.43. The summed E-state index contributed by atoms with van der Waals surface area (Å²) in [7, 11) is -3.69. The Balaban J connectivity index is 1.86. The van der Waals surface area contributed by atoms with E-state index >= 15 is 0 Å². The van der Waals surface area contributed by atoms with E-state index in [1.165, 1.54) is 16.4 Å². The number of hydrogen-bond acceptors (Lipinski definition) is 5. The lowest BCUT2D eigenvalue weighted by molar-refractivity contribution is 0.0526. The van der Waals surface area contributed by atoms with Crippen molar-refractivity contribution in [3.63, 3.8) is 0 Å². The number of nitrogens with zero attached hydrogens (tertiary/aromatic N) is 1. The van der Waals surface area contributed by atoms with Crippen molar-refractivity contribution in [2.75, 3.05) is 18.5 Å². The molecule has 1 heterocycles. The first-order valence-corrected chi connectivity index (χ1v) is 11.9. The zero-order valence-corrected chi connectivity index (χ0v) is 18.9. The van der Waals surface area contributed by atoms with Crippen molar-refractivity contribution in [3.05, 3.63) is 59.2 Å². The molecular formula is C23H28N2O5S. The number of rotatable bonds is 6. The summed E-state index contributed by atoms with van der Waals surface area (Å²) in [6, 6.07) is 11.0. The Hall–Kier alpha value is -2.71. The summed E-state index contributed by atoms with van der Waals surface area (Å²) >= 11 is 0. The van der Waals surface area contributed by atoms with Gasteiger partial charge in [0.15, 0.2) is 0 Å². The van der Waals surface area contributed by atoms with Crippen LogP contribution in [0.15, 0.2) is 47.4 Å². The van der Waals surface area contributed by atoms with Gasteiger partial charge in [-0.05, 0) is 69.5 Å². The molecule has 0 radical (unpaired) electrons. The van der Waals surface area contributed by atoms with Crippen LogP contribution in [-0.2, 0) is 14.8 Å². The lowest BCUT2D eigenvalue weighted by atomic mass is 10.1. The summed E-state index contributed by atoms with van der Waals surface area (Å²) in [6.07, 6.45) is 2.68. The largest absolute Gasteiger partial charge is 0.462 e. The monoisotopic (exact) mass is 444 g/mol. The van der Waals surface area contributed by atoms with Gasteiger partial charge in [-0.2, -0.15) is 4.31 Å². The summed E-state index contributed by atoms with van der Waals surface area (Å²) in [5.41, 5.74) is 1.68. The van der Waals surface area contributed by atoms with E-state index in [2.05, 4.69) is 5.32 Å². The number of hydrogen-bond donors (Lipinski definition) is 1. The average Bonchev–Trinajstić information content (AvgIpc) is 2.74. The van der Waals surface area contributed by atoms with Crippen LogP contribution < -0.4 is 5.32 Å². The maximum atomic E-state index is 13.2. The van der Waals surface area contributed by atoms with Crippen molar-refractivity contribution in [2.24, 2.45) is 0 Å². The summed E-state index contributed by atoms with van der Waals surface area (Å²) < 4.78 is 32.8. The molecule has 0 bridgehead atoms. The highest BCUT2D eigenvalue weighted by molar-refractivity contribution is 7.89. The predicted octanol–water partition coefficient (Wildman–Crippen LogP) is 3.99. The molecule has 1 unspecified atom stereocenters. The zero-order valence-electron chi connectivity index (χ0n) is 18.1. The van der Waals surface area contributed by atoms with Gasteiger partial charge in [0.1, 0.15) is 0 Å². The fourth-order valence-corrected chi connectivity index (χ4v) is 5.43. The molecule has 166 valence electrons. The van der Waals surface area contributed by atoms with Crippen LogP contribution in [0.1, 0.15) is 59.4 Å². The van der Waals surface area contributed by atoms with Gasteiger partial charge < -0.3 is 10.1 Å². The fraction of sp³-hybridized carbons (Fsp3) is 0.391. The van der Waals surface area contributed by atoms with E-state index in [9.17, 15) is 18.0 Å². The number of ether oxygens (including phenoxy) is 1. The minimum absolute atomic E-state index is 0.0667. The minimum Gasteiger partial charge on any atom is -0.462 e. The molecule has 0 spiro atoms. The summed E-state index contributed by atoms with van der Waals surface area (Å²) in [5.74, 6) is -0.916. The smallest absolute Gasteiger partial charge is 0.338 e. The van der Waals surface area contributed by atoms with Crippen molar-refractivity contribution in [2.45, 2.75) is 51.0 Å². The van der Waals surface area contributed by atoms with Crippen LogP contribution in [0.4, 0.5) is 5.69 Å². The van der Waals surface area contributed by atoms with E-state index in [1.807, 2.05) is 6.92 Å². The van der Waals surface area contributed by atoms with Crippen molar-refractivity contribution < 1.29 is 22.7 Å². The van der Waals surface area contributed by atoms with Crippen LogP contribution in [0, 0.1) is 6.92 Å². The second kappa shape index (κ2) is 9.62. The zero-order chi connectivity index (χ0) is 22.6. The number of piperidine rings is 1. The highest BCUT2D eigenvalue weighted by atomic mass is 32.2. The van der Waals surface area contributed by atoms with E-state index in [0.717, 1.165) is 19.3 Å². The number of nitrogens with one attached hydrogen (secondary N) is 1. The van der Waals surface area contributed by atoms with Gasteiger partial charge in [0.25, 0.3) is 5.91 Å². The van der Waals surface area contributed by atoms with E-state index in [4.69, 9.17) is 4.74 Å². The van der Waals surface area contributed by atoms with Gasteiger partial charge in [0.05, 0.1) is 17.1 Å². The van der Waals surface area contributed by atoms with E-state index in [-0.39, 0.29) is 23.1 Å². The molecule has 7 nitrogen and oxygen atoms in total. The summed E-state index contributed by atoms with van der Waals surface area (Å²) in [5, 5.41) is 2.75. The number of carbonyl (C=O) groups excluding carboxylic acids is 2. The number of anilines is 1. The molecule has 1 fully saturated rings. The second-order valence-electron chi connectivity index (χ2n) is 7.69. The second-order valence-corrected chi connectivity index (χ2v) is 9.58. The van der Waals surface area contributed by atoms with Crippen LogP contribution in [0.3, 0.4) is 0 Å². The van der Waals surface area contributed by atoms with Crippen molar-refractivity contribution in [1.82, 2.24) is 4.31 Å². The van der Waals surface area contributed by atoms with Crippen LogP contribution in [0.2, 0.25) is 0 Å². The van der Waals surface area contributed by atoms with E-state index in [0.29, 0.717) is 23.4 Å². The Labute approximate surface area is 183 Å². The maximum Gasteiger partial charge on any atom is 0.338 e. The third kappa shape index (κ3) is 5.14. The number of amides is 1. The summed E-state index contributed by atoms with van der Waals surface area (Å²) in [6.45, 7) is 6.13. The highest BCUT2D eigenvalue weighted by Gasteiger charge is 2.31. The molecule has 1 aliphatic heterocycles. The van der Waals surface area contributed by atoms with E-state index in [1.54, 1.807) is 44.2 Å². The predicted molar refractivity (Wildman–Crippen MR) is 119 cm³/mol. The van der Waals surface area contributed by atoms with Gasteiger partial charge >= 0.3 is 5.97 Å². The molecule has 1 saturated heterocycles. The Morgan fingerprint density at radius 2 is 1.94 bits per heavy atom. The number of benzene rings is 2. The number of esters is 1. The van der Waals surface area contributed by atoms with Gasteiger partial charge in [0.2, 0.25) is 10.0 Å². The molecule has 1 atom stereocenters. The van der Waals surface area contributed by atoms with Crippen LogP contribution >= 0.6 is 0 Å². The van der Waals surface area contributed by atoms with Gasteiger partial charge in [-0.25, -0.2) is 13.2 Å². The number of aryl methyl sites for hydroxylation is 1. The quantitative estimate of drug-likeness (QED) is 0.680. The molecule has 31 heavy (non-hydrogen) atoms. The Morgan fingerprint density at radius 3 is 2.65 bits per heavy atom. The van der Waals surface area contributed by atoms with Gasteiger partial charge in [-0.1, -0.05) is 18.6 Å². The first-order valence-electron chi connectivity index (χ1n) is 10.4. The van der Waals surface area contributed by atoms with Crippen molar-refractivity contribution in [1.29, 1.82) is 0 Å². The first-order chi connectivity index (χ1) is 14.7. The maximum absolute atomic E-state index is 13.2. The van der Waals surface area contributed by atoms with Gasteiger partial charge in [0, 0.05) is 23.8 Å². The lowest BCUT2D eigenvalue weighted by Gasteiger charge is -2.32. The SMILES string of the molecule is CCOC(=O)c1cccc(NC(=O)c2cc(S(=O)(=O)N3CCCCC3C)ccc2C)c1. The van der Waals surface area contributed by atoms with Crippen molar-refractivity contribution >= 4 is 27.6 Å². The van der Waals surface area contributed by atoms with Crippen molar-refractivity contribution in [3.8, 4) is 0 Å². The van der Waals surface area contributed by atoms with Crippen LogP contribution in [0.5, 0.6) is 0 Å². The third-order valence-corrected chi connectivity index (χ3v) is 7.44. The number of sulfonamides is 1. The molecule has 1 N–H and O–H groups in total. The number of carbonyl (C=O) groups is 2. The minimum atomic E-state index is -3.69. The van der Waals surface area contributed by atoms with Gasteiger partial charge in [-0.15, -0.1) is 0 Å². The highest BCUT2D eigenvalue weighted by Crippen LogP contribution is 2.27. The Bertz CT molecular complexity index is 1080. The molecule has 0 saturated carbocycles. The molecular weight excluding hydrogens is 416 g/mol. The molecule has 8 heteroatoms. The molecule has 2 aromatic rings. The lowest BCUT2D eigenvalue weighted by Crippen LogP contribution is -2.42. The molecule has 1 amide bonds. The Morgan fingerprint density at radius 1 is 1.16 bits per heavy atom. The van der Waals surface area contributed by atoms with E-state index < -0.39 is 21.9 Å². The normalized spacial score (nSPS) is 17.2. The molecule has 2 aromatic carbocycles. The van der Waals surface area contributed by atoms with Crippen LogP contribution in [-0.4, -0.2) is 43.8 Å². The van der Waals surface area contributed by atoms with Crippen LogP contribution in [0.25, 0.3) is 0 Å². The summed E-state index contributed by atoms with van der Waals surface area (Å²) in [4.78, 5) is 25.0. The topological polar surface area (TPSA) is 92.8 Å². The van der Waals surface area contributed by atoms with Gasteiger partial charge in [-0.3, -0.25) is 4.79 Å². The molecule has 3 rings (SSSR count). The average molecular weight is 445 g/mol. The molecule has 1 aliphatic rings. The first kappa shape index (κ1) is 23.0. The Kier molecular flexibility index (Phi) is 7.12.